The van der Waals surface area contributed by atoms with Gasteiger partial charge in [0, 0.05) is 78.7 Å². The van der Waals surface area contributed by atoms with E-state index in [1.165, 1.54) is 80.3 Å². The first-order valence-corrected chi connectivity index (χ1v) is 16.9. The van der Waals surface area contributed by atoms with Gasteiger partial charge in [0.25, 0.3) is 11.4 Å². The Kier molecular flexibility index (Phi) is 12.7. The second-order valence-electron chi connectivity index (χ2n) is 12.7. The molecule has 0 aliphatic carbocycles. The summed E-state index contributed by atoms with van der Waals surface area (Å²) in [7, 11) is 6.27. The molecule has 2 fully saturated rings. The van der Waals surface area contributed by atoms with Crippen molar-refractivity contribution in [3.63, 3.8) is 0 Å². The van der Waals surface area contributed by atoms with E-state index >= 15 is 0 Å². The molecule has 0 aromatic heterocycles. The molecule has 272 valence electrons. The zero-order chi connectivity index (χ0) is 37.6. The lowest BCUT2D eigenvalue weighted by atomic mass is 9.93. The Labute approximate surface area is 298 Å². The first-order chi connectivity index (χ1) is 24.1. The highest BCUT2D eigenvalue weighted by Crippen LogP contribution is 2.40. The van der Waals surface area contributed by atoms with Gasteiger partial charge in [-0.1, -0.05) is 23.9 Å². The van der Waals surface area contributed by atoms with E-state index < -0.39 is 45.7 Å². The standard InChI is InChI=1S/C34H40N6O10S/c1-35(2)33(45)23-19-37(15-13-27(23)41)31(43)11-7-21-5-9-29(25(17-21)39(47)48)51-30-10-6-22(18-26(30)40(49)50)8-12-32(44)38-16-14-28(42)24(20-38)34(46)36(3)4/h5-12,17-18,23-24,27-28,41-42H,13-16,19-20H2,1-4H3/b11-7+,12-8+. The lowest BCUT2D eigenvalue weighted by molar-refractivity contribution is -0.388. The number of likely N-dealkylation sites (tertiary alicyclic amines) is 2. The van der Waals surface area contributed by atoms with Gasteiger partial charge in [-0.2, -0.15) is 0 Å². The SMILES string of the molecule is CN(C)C(=O)C1CN(C(=O)/C=C/c2ccc(Sc3ccc(/C=C/C(=O)N4CCC(O)C(C(=O)N(C)C)C4)cc3[N+](=O)[O-])c([N+](=O)[O-])c2)CCC1O. The maximum absolute atomic E-state index is 12.9. The van der Waals surface area contributed by atoms with E-state index in [9.17, 15) is 49.6 Å². The summed E-state index contributed by atoms with van der Waals surface area (Å²) in [5, 5.41) is 44.6. The Hall–Kier alpha value is -5.13. The molecule has 2 aliphatic rings. The molecule has 16 nitrogen and oxygen atoms in total. The Morgan fingerprint density at radius 3 is 1.43 bits per heavy atom. The third-order valence-electron chi connectivity index (χ3n) is 8.71. The lowest BCUT2D eigenvalue weighted by Crippen LogP contribution is -2.51. The van der Waals surface area contributed by atoms with E-state index in [-0.39, 0.29) is 72.0 Å². The molecule has 4 atom stereocenters. The monoisotopic (exact) mass is 724 g/mol. The van der Waals surface area contributed by atoms with Crippen LogP contribution in [0.25, 0.3) is 12.2 Å². The van der Waals surface area contributed by atoms with Crippen LogP contribution in [0.5, 0.6) is 0 Å². The van der Waals surface area contributed by atoms with E-state index in [4.69, 9.17) is 0 Å². The molecule has 51 heavy (non-hydrogen) atoms. The van der Waals surface area contributed by atoms with Gasteiger partial charge in [-0.15, -0.1) is 0 Å². The maximum atomic E-state index is 12.9. The predicted octanol–water partition coefficient (Wildman–Crippen LogP) is 2.28. The molecular weight excluding hydrogens is 684 g/mol. The number of carbonyl (C=O) groups excluding carboxylic acids is 4. The number of hydrogen-bond acceptors (Lipinski definition) is 11. The minimum absolute atomic E-state index is 0.0316. The fourth-order valence-electron chi connectivity index (χ4n) is 5.83. The minimum Gasteiger partial charge on any atom is -0.392 e. The van der Waals surface area contributed by atoms with Crippen molar-refractivity contribution in [3.8, 4) is 0 Å². The lowest BCUT2D eigenvalue weighted by Gasteiger charge is -2.36. The van der Waals surface area contributed by atoms with E-state index in [0.717, 1.165) is 11.8 Å². The van der Waals surface area contributed by atoms with Crippen molar-refractivity contribution in [1.29, 1.82) is 0 Å². The van der Waals surface area contributed by atoms with Crippen LogP contribution in [0.1, 0.15) is 24.0 Å². The van der Waals surface area contributed by atoms with Crippen molar-refractivity contribution in [2.24, 2.45) is 11.8 Å². The molecule has 2 aromatic carbocycles. The van der Waals surface area contributed by atoms with Gasteiger partial charge in [-0.05, 0) is 48.3 Å². The third kappa shape index (κ3) is 9.56. The molecule has 2 N–H and O–H groups in total. The Morgan fingerprint density at radius 2 is 1.10 bits per heavy atom. The van der Waals surface area contributed by atoms with E-state index in [1.54, 1.807) is 28.2 Å². The topological polar surface area (TPSA) is 208 Å². The van der Waals surface area contributed by atoms with Crippen LogP contribution in [0.15, 0.2) is 58.3 Å². The number of rotatable bonds is 10. The van der Waals surface area contributed by atoms with Gasteiger partial charge in [-0.25, -0.2) is 0 Å². The van der Waals surface area contributed by atoms with Gasteiger partial charge < -0.3 is 29.8 Å². The average Bonchev–Trinajstić information content (AvgIpc) is 3.09. The summed E-state index contributed by atoms with van der Waals surface area (Å²) in [6.07, 6.45) is 3.98. The maximum Gasteiger partial charge on any atom is 0.283 e. The van der Waals surface area contributed by atoms with Crippen molar-refractivity contribution in [3.05, 3.63) is 79.9 Å². The fraction of sp³-hybridized carbons (Fsp3) is 0.412. The highest BCUT2D eigenvalue weighted by atomic mass is 32.2. The number of aliphatic hydroxyl groups excluding tert-OH is 2. The second-order valence-corrected chi connectivity index (χ2v) is 13.8. The Bertz CT molecular complexity index is 1640. The van der Waals surface area contributed by atoms with Crippen LogP contribution in [0, 0.1) is 32.1 Å². The number of piperidine rings is 2. The van der Waals surface area contributed by atoms with Crippen LogP contribution in [-0.2, 0) is 19.2 Å². The van der Waals surface area contributed by atoms with E-state index in [0.29, 0.717) is 11.1 Å². The summed E-state index contributed by atoms with van der Waals surface area (Å²) < 4.78 is 0. The smallest absolute Gasteiger partial charge is 0.283 e. The molecule has 4 unspecified atom stereocenters. The highest BCUT2D eigenvalue weighted by molar-refractivity contribution is 7.99. The molecule has 0 bridgehead atoms. The summed E-state index contributed by atoms with van der Waals surface area (Å²) >= 11 is 0.819. The quantitative estimate of drug-likeness (QED) is 0.206. The number of nitro benzene ring substituents is 2. The van der Waals surface area contributed by atoms with Crippen LogP contribution >= 0.6 is 11.8 Å². The van der Waals surface area contributed by atoms with E-state index in [2.05, 4.69) is 0 Å². The van der Waals surface area contributed by atoms with Crippen LogP contribution < -0.4 is 0 Å². The minimum atomic E-state index is -0.870. The first kappa shape index (κ1) is 38.7. The first-order valence-electron chi connectivity index (χ1n) is 16.0. The molecular formula is C34H40N6O10S. The number of benzene rings is 2. The Balaban J connectivity index is 1.47. The van der Waals surface area contributed by atoms with Crippen molar-refractivity contribution < 1.29 is 39.2 Å². The highest BCUT2D eigenvalue weighted by Gasteiger charge is 2.36. The zero-order valence-electron chi connectivity index (χ0n) is 28.6. The number of aliphatic hydroxyl groups is 2. The van der Waals surface area contributed by atoms with Gasteiger partial charge in [0.2, 0.25) is 23.6 Å². The molecule has 0 saturated carbocycles. The van der Waals surface area contributed by atoms with Crippen molar-refractivity contribution >= 4 is 58.9 Å². The third-order valence-corrected chi connectivity index (χ3v) is 9.84. The van der Waals surface area contributed by atoms with Crippen LogP contribution in [0.2, 0.25) is 0 Å². The van der Waals surface area contributed by atoms with Gasteiger partial charge in [0.1, 0.15) is 0 Å². The number of nitrogens with zero attached hydrogens (tertiary/aromatic N) is 6. The van der Waals surface area contributed by atoms with Crippen molar-refractivity contribution in [2.75, 3.05) is 54.4 Å². The second kappa shape index (κ2) is 16.7. The zero-order valence-corrected chi connectivity index (χ0v) is 29.4. The van der Waals surface area contributed by atoms with Gasteiger partial charge in [0.05, 0.1) is 43.7 Å². The fourth-order valence-corrected chi connectivity index (χ4v) is 6.81. The summed E-state index contributed by atoms with van der Waals surface area (Å²) in [4.78, 5) is 79.2. The van der Waals surface area contributed by atoms with Gasteiger partial charge in [0.15, 0.2) is 0 Å². The van der Waals surface area contributed by atoms with E-state index in [1.807, 2.05) is 0 Å². The average molecular weight is 725 g/mol. The molecule has 2 heterocycles. The van der Waals surface area contributed by atoms with Crippen molar-refractivity contribution in [2.45, 2.75) is 34.8 Å². The number of amides is 4. The molecule has 2 aliphatic heterocycles. The molecule has 4 rings (SSSR count). The number of carbonyl (C=O) groups is 4. The number of nitro groups is 2. The molecule has 2 saturated heterocycles. The molecule has 17 heteroatoms. The van der Waals surface area contributed by atoms with Crippen molar-refractivity contribution in [1.82, 2.24) is 19.6 Å². The number of hydrogen-bond donors (Lipinski definition) is 2. The van der Waals surface area contributed by atoms with Crippen LogP contribution in [0.3, 0.4) is 0 Å². The van der Waals surface area contributed by atoms with Crippen LogP contribution in [0.4, 0.5) is 11.4 Å². The molecule has 0 spiro atoms. The molecule has 4 amide bonds. The van der Waals surface area contributed by atoms with Gasteiger partial charge >= 0.3 is 0 Å². The molecule has 0 radical (unpaired) electrons. The summed E-state index contributed by atoms with van der Waals surface area (Å²) in [6, 6.07) is 8.40. The summed E-state index contributed by atoms with van der Waals surface area (Å²) in [5.41, 5.74) is -0.0157. The predicted molar refractivity (Wildman–Crippen MR) is 187 cm³/mol. The van der Waals surface area contributed by atoms with Crippen LogP contribution in [-0.4, -0.2) is 130 Å². The summed E-state index contributed by atoms with van der Waals surface area (Å²) in [6.45, 7) is 0.543. The Morgan fingerprint density at radius 1 is 0.725 bits per heavy atom. The normalized spacial score (nSPS) is 20.7. The largest absolute Gasteiger partial charge is 0.392 e. The van der Waals surface area contributed by atoms with Gasteiger partial charge in [-0.3, -0.25) is 39.4 Å². The molecule has 2 aromatic rings. The summed E-state index contributed by atoms with van der Waals surface area (Å²) in [5.74, 6) is -2.96.